The molecule has 0 fully saturated rings. The van der Waals surface area contributed by atoms with E-state index in [-0.39, 0.29) is 36.4 Å². The first-order valence-electron chi connectivity index (χ1n) is 11.0. The zero-order chi connectivity index (χ0) is 23.5. The number of carbonyl (C=O) groups is 1. The number of aromatic nitrogens is 2. The number of halogens is 1. The number of methoxy groups -OCH3 is 1. The maximum absolute atomic E-state index is 12.2. The summed E-state index contributed by atoms with van der Waals surface area (Å²) in [6.07, 6.45) is 4.39. The fraction of sp³-hybridized carbons (Fsp3) is 0.320. The Hall–Kier alpha value is -3.08. The molecule has 0 bridgehead atoms. The molecule has 9 heteroatoms. The lowest BCUT2D eigenvalue weighted by molar-refractivity contribution is -0.116. The predicted molar refractivity (Wildman–Crippen MR) is 147 cm³/mol. The number of rotatable bonds is 10. The Labute approximate surface area is 218 Å². The van der Waals surface area contributed by atoms with Crippen LogP contribution in [0.15, 0.2) is 72.0 Å². The minimum atomic E-state index is -0.118. The molecule has 34 heavy (non-hydrogen) atoms. The summed E-state index contributed by atoms with van der Waals surface area (Å²) in [5, 5.41) is 13.7. The van der Waals surface area contributed by atoms with Gasteiger partial charge in [0.15, 0.2) is 5.96 Å². The Bertz CT molecular complexity index is 1040. The summed E-state index contributed by atoms with van der Waals surface area (Å²) in [5.41, 5.74) is 3.08. The highest BCUT2D eigenvalue weighted by molar-refractivity contribution is 14.0. The third-order valence-electron chi connectivity index (χ3n) is 5.31. The van der Waals surface area contributed by atoms with Crippen molar-refractivity contribution < 1.29 is 9.53 Å². The van der Waals surface area contributed by atoms with E-state index in [2.05, 4.69) is 45.1 Å². The Kier molecular flexibility index (Phi) is 11.4. The van der Waals surface area contributed by atoms with Crippen LogP contribution < -0.4 is 20.7 Å². The van der Waals surface area contributed by atoms with Gasteiger partial charge in [-0.15, -0.1) is 24.0 Å². The molecule has 3 N–H and O–H groups in total. The van der Waals surface area contributed by atoms with Gasteiger partial charge >= 0.3 is 0 Å². The first-order chi connectivity index (χ1) is 16.1. The van der Waals surface area contributed by atoms with Crippen molar-refractivity contribution in [1.29, 1.82) is 0 Å². The number of ether oxygens (including phenoxy) is 1. The van der Waals surface area contributed by atoms with Crippen molar-refractivity contribution in [1.82, 2.24) is 20.4 Å². The van der Waals surface area contributed by atoms with E-state index in [1.165, 1.54) is 5.56 Å². The van der Waals surface area contributed by atoms with Crippen molar-refractivity contribution in [2.24, 2.45) is 4.99 Å². The molecule has 0 aliphatic carbocycles. The van der Waals surface area contributed by atoms with Crippen LogP contribution in [-0.2, 0) is 17.9 Å². The molecule has 0 saturated heterocycles. The number of anilines is 1. The monoisotopic (exact) mass is 576 g/mol. The highest BCUT2D eigenvalue weighted by Gasteiger charge is 2.07. The van der Waals surface area contributed by atoms with Crippen LogP contribution in [-0.4, -0.2) is 42.3 Å². The van der Waals surface area contributed by atoms with Crippen molar-refractivity contribution in [2.75, 3.05) is 26.0 Å². The zero-order valence-corrected chi connectivity index (χ0v) is 22.2. The first kappa shape index (κ1) is 27.2. The van der Waals surface area contributed by atoms with Crippen LogP contribution in [0.25, 0.3) is 0 Å². The molecule has 3 aromatic rings. The second-order valence-corrected chi connectivity index (χ2v) is 7.77. The van der Waals surface area contributed by atoms with Gasteiger partial charge in [-0.1, -0.05) is 31.2 Å². The fourth-order valence-electron chi connectivity index (χ4n) is 3.41. The molecule has 1 unspecified atom stereocenters. The van der Waals surface area contributed by atoms with Crippen molar-refractivity contribution in [3.63, 3.8) is 0 Å². The minimum absolute atomic E-state index is 0. The SMILES string of the molecule is CN=C(NCCC(C)c1ccc(OC)cc1)NCc1cccc(NC(=O)Cn2cccn2)c1.I. The number of hydrogen-bond donors (Lipinski definition) is 3. The normalized spacial score (nSPS) is 11.8. The van der Waals surface area contributed by atoms with E-state index in [9.17, 15) is 4.79 Å². The molecule has 0 spiro atoms. The highest BCUT2D eigenvalue weighted by Crippen LogP contribution is 2.21. The van der Waals surface area contributed by atoms with Gasteiger partial charge in [-0.05, 0) is 53.8 Å². The van der Waals surface area contributed by atoms with Gasteiger partial charge in [0.2, 0.25) is 5.91 Å². The molecule has 1 atom stereocenters. The van der Waals surface area contributed by atoms with Crippen LogP contribution in [0.1, 0.15) is 30.4 Å². The van der Waals surface area contributed by atoms with Crippen molar-refractivity contribution in [2.45, 2.75) is 32.4 Å². The lowest BCUT2D eigenvalue weighted by Gasteiger charge is -2.16. The number of amides is 1. The quantitative estimate of drug-likeness (QED) is 0.193. The third kappa shape index (κ3) is 8.69. The number of hydrogen-bond acceptors (Lipinski definition) is 4. The summed E-state index contributed by atoms with van der Waals surface area (Å²) in [4.78, 5) is 16.5. The standard InChI is InChI=1S/C25H32N6O2.HI/c1-19(21-8-10-23(33-3)11-9-21)12-14-27-25(26-2)28-17-20-6-4-7-22(16-20)30-24(32)18-31-15-5-13-29-31;/h4-11,13,15-16,19H,12,14,17-18H2,1-3H3,(H,30,32)(H2,26,27,28);1H. The molecule has 2 aromatic carbocycles. The van der Waals surface area contributed by atoms with E-state index in [1.807, 2.05) is 36.4 Å². The van der Waals surface area contributed by atoms with Crippen molar-refractivity contribution in [3.05, 3.63) is 78.1 Å². The van der Waals surface area contributed by atoms with Crippen molar-refractivity contribution in [3.8, 4) is 5.75 Å². The van der Waals surface area contributed by atoms with E-state index in [0.29, 0.717) is 12.5 Å². The molecule has 0 radical (unpaired) electrons. The maximum Gasteiger partial charge on any atom is 0.246 e. The van der Waals surface area contributed by atoms with Crippen molar-refractivity contribution >= 4 is 41.5 Å². The summed E-state index contributed by atoms with van der Waals surface area (Å²) in [7, 11) is 3.43. The lowest BCUT2D eigenvalue weighted by Crippen LogP contribution is -2.37. The summed E-state index contributed by atoms with van der Waals surface area (Å²) >= 11 is 0. The van der Waals surface area contributed by atoms with E-state index < -0.39 is 0 Å². The summed E-state index contributed by atoms with van der Waals surface area (Å²) < 4.78 is 6.82. The van der Waals surface area contributed by atoms with Crippen LogP contribution in [0, 0.1) is 0 Å². The Morgan fingerprint density at radius 2 is 1.94 bits per heavy atom. The Morgan fingerprint density at radius 3 is 2.62 bits per heavy atom. The van der Waals surface area contributed by atoms with Crippen LogP contribution in [0.3, 0.4) is 0 Å². The zero-order valence-electron chi connectivity index (χ0n) is 19.8. The van der Waals surface area contributed by atoms with Crippen LogP contribution in [0.2, 0.25) is 0 Å². The van der Waals surface area contributed by atoms with E-state index in [4.69, 9.17) is 4.74 Å². The average molecular weight is 576 g/mol. The second kappa shape index (κ2) is 14.2. The number of guanidine groups is 1. The molecule has 0 aliphatic heterocycles. The van der Waals surface area contributed by atoms with E-state index in [1.54, 1.807) is 37.3 Å². The molecular weight excluding hydrogens is 543 g/mol. The number of aliphatic imine (C=N–C) groups is 1. The number of benzene rings is 2. The smallest absolute Gasteiger partial charge is 0.246 e. The Balaban J connectivity index is 0.00000408. The molecule has 1 heterocycles. The van der Waals surface area contributed by atoms with Gasteiger partial charge in [0.05, 0.1) is 7.11 Å². The molecule has 8 nitrogen and oxygen atoms in total. The topological polar surface area (TPSA) is 92.6 Å². The van der Waals surface area contributed by atoms with E-state index in [0.717, 1.165) is 35.9 Å². The number of nitrogens with zero attached hydrogens (tertiary/aromatic N) is 3. The molecule has 182 valence electrons. The van der Waals surface area contributed by atoms with Gasteiger partial charge in [0, 0.05) is 38.2 Å². The Morgan fingerprint density at radius 1 is 1.15 bits per heavy atom. The molecule has 1 aromatic heterocycles. The van der Waals surface area contributed by atoms with Gasteiger partial charge in [0.1, 0.15) is 12.3 Å². The molecule has 3 rings (SSSR count). The second-order valence-electron chi connectivity index (χ2n) is 7.77. The van der Waals surface area contributed by atoms with Gasteiger partial charge < -0.3 is 20.7 Å². The largest absolute Gasteiger partial charge is 0.497 e. The van der Waals surface area contributed by atoms with Gasteiger partial charge in [0.25, 0.3) is 0 Å². The molecular formula is C25H33IN6O2. The minimum Gasteiger partial charge on any atom is -0.497 e. The lowest BCUT2D eigenvalue weighted by atomic mass is 9.98. The predicted octanol–water partition coefficient (Wildman–Crippen LogP) is 4.01. The average Bonchev–Trinajstić information content (AvgIpc) is 3.34. The fourth-order valence-corrected chi connectivity index (χ4v) is 3.41. The summed E-state index contributed by atoms with van der Waals surface area (Å²) in [6.45, 7) is 3.79. The van der Waals surface area contributed by atoms with Gasteiger partial charge in [-0.3, -0.25) is 14.5 Å². The maximum atomic E-state index is 12.2. The molecule has 0 saturated carbocycles. The van der Waals surface area contributed by atoms with E-state index >= 15 is 0 Å². The van der Waals surface area contributed by atoms with Crippen LogP contribution >= 0.6 is 24.0 Å². The summed E-state index contributed by atoms with van der Waals surface area (Å²) in [5.74, 6) is 1.91. The van der Waals surface area contributed by atoms with Crippen LogP contribution in [0.5, 0.6) is 5.75 Å². The highest BCUT2D eigenvalue weighted by atomic mass is 127. The van der Waals surface area contributed by atoms with Gasteiger partial charge in [-0.25, -0.2) is 0 Å². The number of carbonyl (C=O) groups excluding carboxylic acids is 1. The number of nitrogens with one attached hydrogen (secondary N) is 3. The van der Waals surface area contributed by atoms with Gasteiger partial charge in [-0.2, -0.15) is 5.10 Å². The van der Waals surface area contributed by atoms with Crippen LogP contribution in [0.4, 0.5) is 5.69 Å². The first-order valence-corrected chi connectivity index (χ1v) is 11.0. The molecule has 0 aliphatic rings. The summed E-state index contributed by atoms with van der Waals surface area (Å²) in [6, 6.07) is 17.8. The third-order valence-corrected chi connectivity index (χ3v) is 5.31. The molecule has 1 amide bonds.